The monoisotopic (exact) mass is 643 g/mol. The first kappa shape index (κ1) is 28.3. The van der Waals surface area contributed by atoms with Crippen LogP contribution >= 0.6 is 0 Å². The Hall–Kier alpha value is -5.52. The lowest BCUT2D eigenvalue weighted by molar-refractivity contribution is 0.534. The Morgan fingerprint density at radius 1 is 0.740 bits per heavy atom. The van der Waals surface area contributed by atoms with Gasteiger partial charge in [0.2, 0.25) is 0 Å². The molecule has 5 aliphatic carbocycles. The minimum absolute atomic E-state index is 0.166. The van der Waals surface area contributed by atoms with Gasteiger partial charge < -0.3 is 8.98 Å². The van der Waals surface area contributed by atoms with E-state index in [9.17, 15) is 0 Å². The van der Waals surface area contributed by atoms with E-state index in [-0.39, 0.29) is 5.92 Å². The zero-order valence-corrected chi connectivity index (χ0v) is 28.1. The van der Waals surface area contributed by atoms with Crippen molar-refractivity contribution >= 4 is 22.6 Å². The largest absolute Gasteiger partial charge is 0.448 e. The van der Waals surface area contributed by atoms with Crippen molar-refractivity contribution in [2.24, 2.45) is 0 Å². The lowest BCUT2D eigenvalue weighted by Crippen LogP contribution is -2.11. The second-order valence-electron chi connectivity index (χ2n) is 14.7. The highest BCUT2D eigenvalue weighted by atomic mass is 16.3. The van der Waals surface area contributed by atoms with E-state index in [2.05, 4.69) is 132 Å². The van der Waals surface area contributed by atoms with Crippen molar-refractivity contribution in [3.8, 4) is 39.8 Å². The fraction of sp³-hybridized carbons (Fsp3) is 0.208. The summed E-state index contributed by atoms with van der Waals surface area (Å²) in [7, 11) is 0. The molecule has 0 radical (unpaired) electrons. The zero-order valence-electron chi connectivity index (χ0n) is 28.1. The van der Waals surface area contributed by atoms with E-state index in [1.165, 1.54) is 96.3 Å². The number of hydrogen-bond donors (Lipinski definition) is 0. The molecule has 2 unspecified atom stereocenters. The molecule has 11 rings (SSSR count). The van der Waals surface area contributed by atoms with Crippen LogP contribution in [0.1, 0.15) is 88.1 Å². The third kappa shape index (κ3) is 4.23. The number of benzene rings is 4. The van der Waals surface area contributed by atoms with Gasteiger partial charge in [-0.3, -0.25) is 0 Å². The summed E-state index contributed by atoms with van der Waals surface area (Å²) in [6.07, 6.45) is 20.1. The van der Waals surface area contributed by atoms with Gasteiger partial charge in [0.05, 0.1) is 5.52 Å². The van der Waals surface area contributed by atoms with Crippen molar-refractivity contribution in [2.75, 3.05) is 0 Å². The fourth-order valence-corrected chi connectivity index (χ4v) is 9.61. The first-order valence-corrected chi connectivity index (χ1v) is 18.5. The van der Waals surface area contributed by atoms with E-state index < -0.39 is 0 Å². The number of furan rings is 1. The van der Waals surface area contributed by atoms with Crippen LogP contribution < -0.4 is 0 Å². The SMILES string of the molecule is C1#CC(c2ccc3c4c(n(-c5cccc(-c6ccc7c(c6)-c6ccccc6C6=CC=CCC67)c5)c3c2)CCCC4)Cc2c1oc1c2CCC=C1. The Balaban J connectivity index is 1.01. The van der Waals surface area contributed by atoms with Gasteiger partial charge in [-0.05, 0) is 138 Å². The molecule has 2 heterocycles. The highest BCUT2D eigenvalue weighted by Crippen LogP contribution is 2.50. The average Bonchev–Trinajstić information content (AvgIpc) is 3.73. The molecule has 4 aromatic carbocycles. The highest BCUT2D eigenvalue weighted by molar-refractivity contribution is 5.94. The number of aryl methyl sites for hydroxylation is 1. The van der Waals surface area contributed by atoms with Crippen LogP contribution in [0.25, 0.3) is 50.5 Å². The van der Waals surface area contributed by atoms with E-state index in [0.717, 1.165) is 50.0 Å². The Morgan fingerprint density at radius 3 is 2.64 bits per heavy atom. The van der Waals surface area contributed by atoms with Crippen LogP contribution in [0.4, 0.5) is 0 Å². The van der Waals surface area contributed by atoms with Gasteiger partial charge in [0, 0.05) is 39.7 Å². The molecule has 0 fully saturated rings. The van der Waals surface area contributed by atoms with Crippen LogP contribution in [-0.2, 0) is 25.7 Å². The quantitative estimate of drug-likeness (QED) is 0.176. The minimum atomic E-state index is 0.166. The molecule has 50 heavy (non-hydrogen) atoms. The predicted molar refractivity (Wildman–Crippen MR) is 205 cm³/mol. The van der Waals surface area contributed by atoms with Crippen molar-refractivity contribution in [3.63, 3.8) is 0 Å². The maximum absolute atomic E-state index is 6.16. The Kier molecular flexibility index (Phi) is 6.23. The number of nitrogens with zero attached hydrogens (tertiary/aromatic N) is 1. The minimum Gasteiger partial charge on any atom is -0.448 e. The molecule has 0 N–H and O–H groups in total. The second kappa shape index (κ2) is 11.0. The lowest BCUT2D eigenvalue weighted by atomic mass is 9.72. The summed E-state index contributed by atoms with van der Waals surface area (Å²) < 4.78 is 8.75. The van der Waals surface area contributed by atoms with Gasteiger partial charge >= 0.3 is 0 Å². The maximum atomic E-state index is 6.16. The van der Waals surface area contributed by atoms with E-state index in [4.69, 9.17) is 4.42 Å². The zero-order chi connectivity index (χ0) is 32.8. The van der Waals surface area contributed by atoms with Crippen molar-refractivity contribution in [1.82, 2.24) is 4.57 Å². The molecule has 6 aromatic rings. The molecule has 0 bridgehead atoms. The molecule has 2 heteroatoms. The van der Waals surface area contributed by atoms with Crippen molar-refractivity contribution in [1.29, 1.82) is 0 Å². The third-order valence-corrected chi connectivity index (χ3v) is 12.0. The van der Waals surface area contributed by atoms with E-state index in [0.29, 0.717) is 5.92 Å². The van der Waals surface area contributed by atoms with Crippen LogP contribution in [0.5, 0.6) is 0 Å². The van der Waals surface area contributed by atoms with E-state index in [1.807, 2.05) is 0 Å². The first-order valence-electron chi connectivity index (χ1n) is 18.5. The summed E-state index contributed by atoms with van der Waals surface area (Å²) in [5.74, 6) is 9.49. The average molecular weight is 644 g/mol. The van der Waals surface area contributed by atoms with Crippen LogP contribution in [0.2, 0.25) is 0 Å². The molecular formula is C48H37NO. The summed E-state index contributed by atoms with van der Waals surface area (Å²) >= 11 is 0. The Morgan fingerprint density at radius 2 is 1.66 bits per heavy atom. The fourth-order valence-electron chi connectivity index (χ4n) is 9.61. The standard InChI is InChI=1S/C48H37NO/c1-2-14-37-35(12-1)36-13-3-4-15-38(36)43-27-31(20-23-39(37)43)30-10-9-11-34(26-30)49-45-18-7-5-16-40(45)41-24-21-33(29-46(41)49)32-22-25-48-44(28-32)42-17-6-8-19-47(42)50-48/h1-4,8-13,15,19-21,23-24,26-27,29,32,37H,5-7,14,16-18,28H2. The van der Waals surface area contributed by atoms with Gasteiger partial charge in [-0.15, -0.1) is 0 Å². The molecule has 0 saturated carbocycles. The summed E-state index contributed by atoms with van der Waals surface area (Å²) in [6.45, 7) is 0. The van der Waals surface area contributed by atoms with Gasteiger partial charge in [-0.1, -0.05) is 90.9 Å². The van der Waals surface area contributed by atoms with Crippen molar-refractivity contribution in [3.05, 3.63) is 160 Å². The van der Waals surface area contributed by atoms with Gasteiger partial charge in [0.15, 0.2) is 5.76 Å². The van der Waals surface area contributed by atoms with Crippen molar-refractivity contribution < 1.29 is 4.42 Å². The van der Waals surface area contributed by atoms with Crippen LogP contribution in [0.15, 0.2) is 114 Å². The number of hydrogen-bond acceptors (Lipinski definition) is 1. The molecule has 2 nitrogen and oxygen atoms in total. The topological polar surface area (TPSA) is 18.1 Å². The Bertz CT molecular complexity index is 2570. The number of rotatable bonds is 3. The molecule has 0 saturated heterocycles. The Labute approximate surface area is 293 Å². The summed E-state index contributed by atoms with van der Waals surface area (Å²) in [4.78, 5) is 0. The third-order valence-electron chi connectivity index (χ3n) is 12.0. The number of allylic oxidation sites excluding steroid dienone is 5. The van der Waals surface area contributed by atoms with Crippen LogP contribution in [0.3, 0.4) is 0 Å². The van der Waals surface area contributed by atoms with E-state index >= 15 is 0 Å². The molecule has 0 amide bonds. The summed E-state index contributed by atoms with van der Waals surface area (Å²) in [5, 5.41) is 1.40. The summed E-state index contributed by atoms with van der Waals surface area (Å²) in [6, 6.07) is 32.6. The van der Waals surface area contributed by atoms with Crippen LogP contribution in [-0.4, -0.2) is 4.57 Å². The van der Waals surface area contributed by atoms with Gasteiger partial charge in [-0.25, -0.2) is 0 Å². The summed E-state index contributed by atoms with van der Waals surface area (Å²) in [5.41, 5.74) is 19.1. The molecule has 2 atom stereocenters. The molecule has 0 spiro atoms. The molecule has 2 aromatic heterocycles. The number of fused-ring (bicyclic) bond motifs is 12. The van der Waals surface area contributed by atoms with Crippen LogP contribution in [0, 0.1) is 11.8 Å². The van der Waals surface area contributed by atoms with Crippen molar-refractivity contribution in [2.45, 2.75) is 63.2 Å². The molecular weight excluding hydrogens is 607 g/mol. The normalized spacial score (nSPS) is 19.3. The molecule has 5 aliphatic rings. The van der Waals surface area contributed by atoms with Gasteiger partial charge in [0.25, 0.3) is 0 Å². The molecule has 240 valence electrons. The van der Waals surface area contributed by atoms with Gasteiger partial charge in [0.1, 0.15) is 5.76 Å². The van der Waals surface area contributed by atoms with Gasteiger partial charge in [-0.2, -0.15) is 0 Å². The molecule has 0 aliphatic heterocycles. The number of aromatic nitrogens is 1. The lowest BCUT2D eigenvalue weighted by Gasteiger charge is -2.32. The first-order chi connectivity index (χ1) is 24.8. The highest BCUT2D eigenvalue weighted by Gasteiger charge is 2.30. The second-order valence-corrected chi connectivity index (χ2v) is 14.7. The predicted octanol–water partition coefficient (Wildman–Crippen LogP) is 11.5. The smallest absolute Gasteiger partial charge is 0.181 e. The van der Waals surface area contributed by atoms with E-state index in [1.54, 1.807) is 0 Å². The maximum Gasteiger partial charge on any atom is 0.181 e.